The molecule has 0 radical (unpaired) electrons. The maximum atomic E-state index is 9.32. The summed E-state index contributed by atoms with van der Waals surface area (Å²) in [5.41, 5.74) is 1.10. The molecule has 1 saturated heterocycles. The van der Waals surface area contributed by atoms with Gasteiger partial charge in [0.25, 0.3) is 0 Å². The van der Waals surface area contributed by atoms with Crippen molar-refractivity contribution < 1.29 is 4.74 Å². The molecule has 2 aliphatic rings. The molecule has 1 aromatic carbocycles. The zero-order valence-electron chi connectivity index (χ0n) is 11.1. The first-order valence-corrected chi connectivity index (χ1v) is 7.18. The summed E-state index contributed by atoms with van der Waals surface area (Å²) in [5, 5.41) is 12.9. The van der Waals surface area contributed by atoms with E-state index in [0.29, 0.717) is 12.1 Å². The van der Waals surface area contributed by atoms with Crippen LogP contribution in [0.25, 0.3) is 0 Å². The number of nitriles is 1. The second-order valence-corrected chi connectivity index (χ2v) is 5.57. The van der Waals surface area contributed by atoms with E-state index in [-0.39, 0.29) is 5.92 Å². The zero-order chi connectivity index (χ0) is 13.1. The van der Waals surface area contributed by atoms with E-state index in [0.717, 1.165) is 31.1 Å². The molecule has 0 spiro atoms. The highest BCUT2D eigenvalue weighted by Gasteiger charge is 2.40. The van der Waals surface area contributed by atoms with Crippen molar-refractivity contribution in [2.45, 2.75) is 37.3 Å². The third-order valence-corrected chi connectivity index (χ3v) is 4.16. The lowest BCUT2D eigenvalue weighted by atomic mass is 9.99. The summed E-state index contributed by atoms with van der Waals surface area (Å²) in [6.45, 7) is 1.58. The molecule has 2 fully saturated rings. The van der Waals surface area contributed by atoms with Gasteiger partial charge in [0.2, 0.25) is 0 Å². The molecular formula is C16H20N2O. The minimum Gasteiger partial charge on any atom is -0.376 e. The van der Waals surface area contributed by atoms with E-state index in [1.54, 1.807) is 0 Å². The molecule has 1 aliphatic heterocycles. The average Bonchev–Trinajstić information content (AvgIpc) is 3.20. The van der Waals surface area contributed by atoms with E-state index in [4.69, 9.17) is 4.74 Å². The van der Waals surface area contributed by atoms with Crippen molar-refractivity contribution in [3.63, 3.8) is 0 Å². The molecule has 1 aliphatic carbocycles. The second-order valence-electron chi connectivity index (χ2n) is 5.57. The number of hydrogen-bond acceptors (Lipinski definition) is 3. The van der Waals surface area contributed by atoms with Crippen molar-refractivity contribution in [2.75, 3.05) is 13.2 Å². The Hall–Kier alpha value is -1.37. The van der Waals surface area contributed by atoms with Crippen molar-refractivity contribution in [1.29, 1.82) is 5.26 Å². The summed E-state index contributed by atoms with van der Waals surface area (Å²) in [4.78, 5) is 0. The highest BCUT2D eigenvalue weighted by atomic mass is 16.5. The molecule has 1 N–H and O–H groups in total. The highest BCUT2D eigenvalue weighted by Crippen LogP contribution is 2.38. The van der Waals surface area contributed by atoms with Gasteiger partial charge < -0.3 is 10.1 Å². The summed E-state index contributed by atoms with van der Waals surface area (Å²) < 4.78 is 5.82. The third-order valence-electron chi connectivity index (χ3n) is 4.16. The molecule has 0 bridgehead atoms. The van der Waals surface area contributed by atoms with Gasteiger partial charge in [-0.2, -0.15) is 5.26 Å². The van der Waals surface area contributed by atoms with Crippen LogP contribution in [0.4, 0.5) is 0 Å². The molecule has 0 amide bonds. The SMILES string of the molecule is N#CC(CNC1CCOC1C1CC1)c1ccccc1. The van der Waals surface area contributed by atoms with E-state index in [2.05, 4.69) is 11.4 Å². The Morgan fingerprint density at radius 3 is 2.74 bits per heavy atom. The van der Waals surface area contributed by atoms with E-state index in [1.807, 2.05) is 30.3 Å². The Bertz CT molecular complexity index is 450. The number of nitrogens with one attached hydrogen (secondary N) is 1. The molecule has 1 aromatic rings. The van der Waals surface area contributed by atoms with Crippen LogP contribution in [0.1, 0.15) is 30.7 Å². The fraction of sp³-hybridized carbons (Fsp3) is 0.562. The first-order chi connectivity index (χ1) is 9.38. The minimum atomic E-state index is -0.0679. The predicted octanol–water partition coefficient (Wildman–Crippen LogP) is 2.45. The number of ether oxygens (including phenoxy) is 1. The van der Waals surface area contributed by atoms with E-state index in [1.165, 1.54) is 12.8 Å². The number of nitrogens with zero attached hydrogens (tertiary/aromatic N) is 1. The van der Waals surface area contributed by atoms with Gasteiger partial charge in [0, 0.05) is 19.2 Å². The number of hydrogen-bond donors (Lipinski definition) is 1. The molecule has 3 heteroatoms. The Kier molecular flexibility index (Phi) is 3.82. The van der Waals surface area contributed by atoms with Crippen LogP contribution in [0, 0.1) is 17.2 Å². The standard InChI is InChI=1S/C16H20N2O/c17-10-14(12-4-2-1-3-5-12)11-18-15-8-9-19-16(15)13-6-7-13/h1-5,13-16,18H,6-9,11H2. The number of benzene rings is 1. The van der Waals surface area contributed by atoms with Crippen LogP contribution in [0.2, 0.25) is 0 Å². The van der Waals surface area contributed by atoms with Crippen LogP contribution in [-0.2, 0) is 4.74 Å². The van der Waals surface area contributed by atoms with Crippen LogP contribution >= 0.6 is 0 Å². The molecule has 3 nitrogen and oxygen atoms in total. The van der Waals surface area contributed by atoms with Crippen LogP contribution in [0.3, 0.4) is 0 Å². The van der Waals surface area contributed by atoms with Gasteiger partial charge in [-0.3, -0.25) is 0 Å². The van der Waals surface area contributed by atoms with Crippen LogP contribution < -0.4 is 5.32 Å². The van der Waals surface area contributed by atoms with Crippen molar-refractivity contribution in [1.82, 2.24) is 5.32 Å². The fourth-order valence-electron chi connectivity index (χ4n) is 2.91. The molecule has 3 atom stereocenters. The summed E-state index contributed by atoms with van der Waals surface area (Å²) in [7, 11) is 0. The monoisotopic (exact) mass is 256 g/mol. The van der Waals surface area contributed by atoms with Gasteiger partial charge in [0.15, 0.2) is 0 Å². The molecule has 100 valence electrons. The zero-order valence-corrected chi connectivity index (χ0v) is 11.1. The normalized spacial score (nSPS) is 27.9. The van der Waals surface area contributed by atoms with Crippen molar-refractivity contribution in [2.24, 2.45) is 5.92 Å². The molecule has 3 rings (SSSR count). The van der Waals surface area contributed by atoms with Crippen LogP contribution in [0.15, 0.2) is 30.3 Å². The Labute approximate surface area is 114 Å². The fourth-order valence-corrected chi connectivity index (χ4v) is 2.91. The molecule has 3 unspecified atom stereocenters. The van der Waals surface area contributed by atoms with E-state index in [9.17, 15) is 5.26 Å². The maximum absolute atomic E-state index is 9.32. The van der Waals surface area contributed by atoms with Gasteiger partial charge in [-0.15, -0.1) is 0 Å². The van der Waals surface area contributed by atoms with Gasteiger partial charge in [0.1, 0.15) is 0 Å². The predicted molar refractivity (Wildman–Crippen MR) is 73.7 cm³/mol. The van der Waals surface area contributed by atoms with Crippen LogP contribution in [-0.4, -0.2) is 25.3 Å². The van der Waals surface area contributed by atoms with Crippen molar-refractivity contribution in [3.05, 3.63) is 35.9 Å². The molecule has 0 aromatic heterocycles. The number of rotatable bonds is 5. The lowest BCUT2D eigenvalue weighted by Gasteiger charge is -2.21. The quantitative estimate of drug-likeness (QED) is 0.880. The summed E-state index contributed by atoms with van der Waals surface area (Å²) in [6, 6.07) is 12.9. The highest BCUT2D eigenvalue weighted by molar-refractivity contribution is 5.25. The van der Waals surface area contributed by atoms with Gasteiger partial charge >= 0.3 is 0 Å². The van der Waals surface area contributed by atoms with Crippen LogP contribution in [0.5, 0.6) is 0 Å². The van der Waals surface area contributed by atoms with Gasteiger partial charge in [-0.1, -0.05) is 30.3 Å². The van der Waals surface area contributed by atoms with Crippen molar-refractivity contribution >= 4 is 0 Å². The first-order valence-electron chi connectivity index (χ1n) is 7.18. The third kappa shape index (κ3) is 2.97. The lowest BCUT2D eigenvalue weighted by molar-refractivity contribution is 0.0811. The Morgan fingerprint density at radius 2 is 2.05 bits per heavy atom. The molecule has 1 heterocycles. The molecular weight excluding hydrogens is 236 g/mol. The summed E-state index contributed by atoms with van der Waals surface area (Å²) >= 11 is 0. The lowest BCUT2D eigenvalue weighted by Crippen LogP contribution is -2.39. The second kappa shape index (κ2) is 5.73. The van der Waals surface area contributed by atoms with Gasteiger partial charge in [-0.05, 0) is 30.7 Å². The van der Waals surface area contributed by atoms with E-state index >= 15 is 0 Å². The Morgan fingerprint density at radius 1 is 1.26 bits per heavy atom. The summed E-state index contributed by atoms with van der Waals surface area (Å²) in [5.74, 6) is 0.693. The molecule has 1 saturated carbocycles. The summed E-state index contributed by atoms with van der Waals surface area (Å²) in [6.07, 6.45) is 4.08. The minimum absolute atomic E-state index is 0.0679. The first kappa shape index (κ1) is 12.7. The smallest absolute Gasteiger partial charge is 0.0837 e. The Balaban J connectivity index is 1.57. The van der Waals surface area contributed by atoms with Gasteiger partial charge in [-0.25, -0.2) is 0 Å². The average molecular weight is 256 g/mol. The maximum Gasteiger partial charge on any atom is 0.0837 e. The van der Waals surface area contributed by atoms with E-state index < -0.39 is 0 Å². The largest absolute Gasteiger partial charge is 0.376 e. The van der Waals surface area contributed by atoms with Gasteiger partial charge in [0.05, 0.1) is 18.1 Å². The topological polar surface area (TPSA) is 45.0 Å². The van der Waals surface area contributed by atoms with Crippen molar-refractivity contribution in [3.8, 4) is 6.07 Å². The molecule has 19 heavy (non-hydrogen) atoms.